The Morgan fingerprint density at radius 1 is 1.56 bits per heavy atom. The molecule has 1 heteroatoms. The Morgan fingerprint density at radius 3 is 3.00 bits per heavy atom. The summed E-state index contributed by atoms with van der Waals surface area (Å²) >= 11 is 0. The molecule has 90 valence electrons. The van der Waals surface area contributed by atoms with E-state index in [0.29, 0.717) is 11.3 Å². The normalized spacial score (nSPS) is 38.8. The van der Waals surface area contributed by atoms with Crippen molar-refractivity contribution >= 4 is 0 Å². The maximum atomic E-state index is 9.20. The van der Waals surface area contributed by atoms with E-state index in [1.807, 2.05) is 0 Å². The van der Waals surface area contributed by atoms with Gasteiger partial charge in [-0.2, -0.15) is 0 Å². The van der Waals surface area contributed by atoms with Gasteiger partial charge in [-0.05, 0) is 61.9 Å². The van der Waals surface area contributed by atoms with Gasteiger partial charge in [0.25, 0.3) is 0 Å². The van der Waals surface area contributed by atoms with Crippen LogP contribution >= 0.6 is 0 Å². The van der Waals surface area contributed by atoms with Crippen LogP contribution in [-0.4, -0.2) is 11.7 Å². The third kappa shape index (κ3) is 1.98. The zero-order valence-corrected chi connectivity index (χ0v) is 10.6. The molecule has 16 heavy (non-hydrogen) atoms. The van der Waals surface area contributed by atoms with Gasteiger partial charge >= 0.3 is 0 Å². The Labute approximate surface area is 99.3 Å². The van der Waals surface area contributed by atoms with Gasteiger partial charge in [0.05, 0.1) is 6.61 Å². The molecule has 0 amide bonds. The molecule has 0 aromatic rings. The van der Waals surface area contributed by atoms with Crippen LogP contribution in [0.1, 0.15) is 46.0 Å². The molecule has 0 spiro atoms. The molecule has 0 bridgehead atoms. The minimum atomic E-state index is 0.164. The first-order valence-electron chi connectivity index (χ1n) is 6.52. The van der Waals surface area contributed by atoms with E-state index in [-0.39, 0.29) is 6.61 Å². The Morgan fingerprint density at radius 2 is 2.31 bits per heavy atom. The first-order valence-corrected chi connectivity index (χ1v) is 6.52. The van der Waals surface area contributed by atoms with Crippen LogP contribution in [-0.2, 0) is 0 Å². The van der Waals surface area contributed by atoms with E-state index < -0.39 is 0 Å². The molecule has 2 rings (SSSR count). The van der Waals surface area contributed by atoms with Crippen molar-refractivity contribution < 1.29 is 5.11 Å². The fourth-order valence-electron chi connectivity index (χ4n) is 3.67. The predicted octanol–water partition coefficient (Wildman–Crippen LogP) is 3.70. The second-order valence-electron chi connectivity index (χ2n) is 5.98. The molecule has 1 N–H and O–H groups in total. The zero-order chi connectivity index (χ0) is 11.8. The van der Waals surface area contributed by atoms with Gasteiger partial charge in [0, 0.05) is 0 Å². The highest BCUT2D eigenvalue weighted by atomic mass is 16.3. The Balaban J connectivity index is 2.15. The van der Waals surface area contributed by atoms with Crippen LogP contribution in [0, 0.1) is 17.3 Å². The Bertz CT molecular complexity index is 315. The number of fused-ring (bicyclic) bond motifs is 1. The SMILES string of the molecule is C=C(CO)[C@@H]1CC[C@@]2(C)CCC=C(C)C2C1. The summed E-state index contributed by atoms with van der Waals surface area (Å²) in [6.07, 6.45) is 8.73. The highest BCUT2D eigenvalue weighted by molar-refractivity contribution is 5.17. The molecule has 2 aliphatic rings. The highest BCUT2D eigenvalue weighted by Crippen LogP contribution is 2.52. The van der Waals surface area contributed by atoms with Crippen LogP contribution in [0.5, 0.6) is 0 Å². The molecular formula is C15H24O. The number of hydrogen-bond acceptors (Lipinski definition) is 1. The second-order valence-corrected chi connectivity index (χ2v) is 5.98. The highest BCUT2D eigenvalue weighted by Gasteiger charge is 2.41. The standard InChI is InChI=1S/C15H24O/c1-11-5-4-7-15(3)8-6-13(9-14(11)15)12(2)10-16/h5,13-14,16H,2,4,6-10H2,1,3H3/t13-,14?,15-/m1/s1. The average Bonchev–Trinajstić information content (AvgIpc) is 2.27. The predicted molar refractivity (Wildman–Crippen MR) is 68.2 cm³/mol. The summed E-state index contributed by atoms with van der Waals surface area (Å²) in [5, 5.41) is 9.20. The summed E-state index contributed by atoms with van der Waals surface area (Å²) < 4.78 is 0. The zero-order valence-electron chi connectivity index (χ0n) is 10.6. The van der Waals surface area contributed by atoms with Gasteiger partial charge in [0.15, 0.2) is 0 Å². The lowest BCUT2D eigenvalue weighted by molar-refractivity contribution is 0.0943. The van der Waals surface area contributed by atoms with Gasteiger partial charge in [-0.3, -0.25) is 0 Å². The fourth-order valence-corrected chi connectivity index (χ4v) is 3.67. The molecular weight excluding hydrogens is 196 g/mol. The lowest BCUT2D eigenvalue weighted by atomic mass is 9.57. The van der Waals surface area contributed by atoms with E-state index in [0.717, 1.165) is 11.5 Å². The van der Waals surface area contributed by atoms with Crippen LogP contribution in [0.15, 0.2) is 23.8 Å². The summed E-state index contributed by atoms with van der Waals surface area (Å²) in [6, 6.07) is 0. The van der Waals surface area contributed by atoms with Gasteiger partial charge in [0.1, 0.15) is 0 Å². The van der Waals surface area contributed by atoms with Crippen molar-refractivity contribution in [3.8, 4) is 0 Å². The molecule has 2 aliphatic carbocycles. The van der Waals surface area contributed by atoms with Crippen molar-refractivity contribution in [3.63, 3.8) is 0 Å². The first-order chi connectivity index (χ1) is 7.57. The topological polar surface area (TPSA) is 20.2 Å². The summed E-state index contributed by atoms with van der Waals surface area (Å²) in [5.74, 6) is 1.27. The molecule has 0 aliphatic heterocycles. The molecule has 0 radical (unpaired) electrons. The lowest BCUT2D eigenvalue weighted by Crippen LogP contribution is -2.37. The summed E-state index contributed by atoms with van der Waals surface area (Å²) in [4.78, 5) is 0. The third-order valence-electron chi connectivity index (χ3n) is 4.94. The molecule has 0 aromatic carbocycles. The molecule has 0 heterocycles. The van der Waals surface area contributed by atoms with Crippen molar-refractivity contribution in [2.75, 3.05) is 6.61 Å². The molecule has 1 fully saturated rings. The maximum Gasteiger partial charge on any atom is 0.0641 e. The van der Waals surface area contributed by atoms with E-state index in [9.17, 15) is 5.11 Å². The molecule has 3 atom stereocenters. The number of allylic oxidation sites excluding steroid dienone is 2. The molecule has 0 saturated heterocycles. The maximum absolute atomic E-state index is 9.20. The van der Waals surface area contributed by atoms with Crippen LogP contribution in [0.4, 0.5) is 0 Å². The van der Waals surface area contributed by atoms with Crippen LogP contribution < -0.4 is 0 Å². The van der Waals surface area contributed by atoms with Gasteiger partial charge in [-0.25, -0.2) is 0 Å². The smallest absolute Gasteiger partial charge is 0.0641 e. The number of aliphatic hydroxyl groups excluding tert-OH is 1. The summed E-state index contributed by atoms with van der Waals surface area (Å²) in [5.41, 5.74) is 3.13. The van der Waals surface area contributed by atoms with E-state index in [2.05, 4.69) is 26.5 Å². The van der Waals surface area contributed by atoms with Crippen molar-refractivity contribution in [2.45, 2.75) is 46.0 Å². The molecule has 1 saturated carbocycles. The number of rotatable bonds is 2. The third-order valence-corrected chi connectivity index (χ3v) is 4.94. The monoisotopic (exact) mass is 220 g/mol. The molecule has 0 aromatic heterocycles. The number of aliphatic hydroxyl groups is 1. The van der Waals surface area contributed by atoms with Crippen LogP contribution in [0.2, 0.25) is 0 Å². The summed E-state index contributed by atoms with van der Waals surface area (Å²) in [7, 11) is 0. The quantitative estimate of drug-likeness (QED) is 0.704. The van der Waals surface area contributed by atoms with Crippen LogP contribution in [0.25, 0.3) is 0 Å². The molecule has 1 unspecified atom stereocenters. The van der Waals surface area contributed by atoms with E-state index in [1.165, 1.54) is 32.1 Å². The van der Waals surface area contributed by atoms with E-state index >= 15 is 0 Å². The van der Waals surface area contributed by atoms with Gasteiger partial charge in [-0.1, -0.05) is 25.2 Å². The van der Waals surface area contributed by atoms with Crippen molar-refractivity contribution in [3.05, 3.63) is 23.8 Å². The largest absolute Gasteiger partial charge is 0.392 e. The van der Waals surface area contributed by atoms with E-state index in [4.69, 9.17) is 0 Å². The van der Waals surface area contributed by atoms with Crippen molar-refractivity contribution in [2.24, 2.45) is 17.3 Å². The van der Waals surface area contributed by atoms with Crippen molar-refractivity contribution in [1.29, 1.82) is 0 Å². The summed E-state index contributed by atoms with van der Waals surface area (Å²) in [6.45, 7) is 8.91. The fraction of sp³-hybridized carbons (Fsp3) is 0.733. The number of hydrogen-bond donors (Lipinski definition) is 1. The first kappa shape index (κ1) is 11.9. The Kier molecular flexibility index (Phi) is 3.25. The minimum absolute atomic E-state index is 0.164. The van der Waals surface area contributed by atoms with Gasteiger partial charge in [0.2, 0.25) is 0 Å². The minimum Gasteiger partial charge on any atom is -0.392 e. The van der Waals surface area contributed by atoms with Gasteiger partial charge < -0.3 is 5.11 Å². The van der Waals surface area contributed by atoms with E-state index in [1.54, 1.807) is 5.57 Å². The average molecular weight is 220 g/mol. The second kappa shape index (κ2) is 4.37. The van der Waals surface area contributed by atoms with Gasteiger partial charge in [-0.15, -0.1) is 0 Å². The Hall–Kier alpha value is -0.560. The lowest BCUT2D eigenvalue weighted by Gasteiger charge is -2.48. The van der Waals surface area contributed by atoms with Crippen LogP contribution in [0.3, 0.4) is 0 Å². The van der Waals surface area contributed by atoms with Crippen molar-refractivity contribution in [1.82, 2.24) is 0 Å². The molecule has 1 nitrogen and oxygen atoms in total.